The predicted molar refractivity (Wildman–Crippen MR) is 132 cm³/mol. The van der Waals surface area contributed by atoms with E-state index in [1.165, 1.54) is 21.3 Å². The summed E-state index contributed by atoms with van der Waals surface area (Å²) in [4.78, 5) is 13.3. The minimum atomic E-state index is -4.11. The molecule has 176 valence electrons. The Labute approximate surface area is 199 Å². The van der Waals surface area contributed by atoms with Gasteiger partial charge in [-0.2, -0.15) is 0 Å². The van der Waals surface area contributed by atoms with Gasteiger partial charge in [0, 0.05) is 18.7 Å². The van der Waals surface area contributed by atoms with Gasteiger partial charge in [0.2, 0.25) is 0 Å². The summed E-state index contributed by atoms with van der Waals surface area (Å²) in [6.07, 6.45) is 0. The van der Waals surface area contributed by atoms with Crippen LogP contribution in [0.5, 0.6) is 11.5 Å². The zero-order chi connectivity index (χ0) is 24.5. The van der Waals surface area contributed by atoms with Gasteiger partial charge in [0.1, 0.15) is 0 Å². The second-order valence-corrected chi connectivity index (χ2v) is 9.78. The maximum absolute atomic E-state index is 13.6. The van der Waals surface area contributed by atoms with Crippen molar-refractivity contribution in [3.63, 3.8) is 0 Å². The molecular formula is C26H26N2O5S. The molecule has 0 atom stereocenters. The molecule has 7 nitrogen and oxygen atoms in total. The van der Waals surface area contributed by atoms with Crippen LogP contribution in [0.2, 0.25) is 0 Å². The third-order valence-electron chi connectivity index (χ3n) is 5.95. The Kier molecular flexibility index (Phi) is 6.34. The third-order valence-corrected chi connectivity index (χ3v) is 7.88. The van der Waals surface area contributed by atoms with Crippen molar-refractivity contribution >= 4 is 27.2 Å². The summed E-state index contributed by atoms with van der Waals surface area (Å²) >= 11 is 0. The molecule has 4 rings (SSSR count). The predicted octanol–water partition coefficient (Wildman–Crippen LogP) is 4.12. The number of hydrogen-bond donors (Lipinski definition) is 1. The average Bonchev–Trinajstić information content (AvgIpc) is 2.86. The molecule has 1 aliphatic heterocycles. The van der Waals surface area contributed by atoms with E-state index in [0.29, 0.717) is 28.3 Å². The number of rotatable bonds is 6. The lowest BCUT2D eigenvalue weighted by Crippen LogP contribution is -2.40. The van der Waals surface area contributed by atoms with Gasteiger partial charge in [0.15, 0.2) is 16.4 Å². The van der Waals surface area contributed by atoms with Gasteiger partial charge in [0.05, 0.1) is 25.9 Å². The van der Waals surface area contributed by atoms with Crippen molar-refractivity contribution in [3.8, 4) is 11.5 Å². The number of sulfonamides is 1. The Bertz CT molecular complexity index is 1310. The SMILES string of the molecule is COc1cc2c(cc1OC)N(C)S(=O)(=O)C(C(=O)NC(c1ccccc1)c1ccccc1)=C2C. The molecule has 3 aromatic rings. The van der Waals surface area contributed by atoms with Crippen LogP contribution in [0.25, 0.3) is 5.57 Å². The van der Waals surface area contributed by atoms with Gasteiger partial charge < -0.3 is 14.8 Å². The molecule has 0 spiro atoms. The molecule has 0 aliphatic carbocycles. The van der Waals surface area contributed by atoms with E-state index in [2.05, 4.69) is 5.32 Å². The number of anilines is 1. The van der Waals surface area contributed by atoms with Crippen molar-refractivity contribution in [1.29, 1.82) is 0 Å². The molecule has 3 aromatic carbocycles. The molecule has 1 aliphatic rings. The molecule has 0 fully saturated rings. The Morgan fingerprint density at radius 3 is 1.88 bits per heavy atom. The molecule has 0 radical (unpaired) electrons. The fourth-order valence-corrected chi connectivity index (χ4v) is 5.62. The molecule has 0 bridgehead atoms. The quantitative estimate of drug-likeness (QED) is 0.576. The number of nitrogens with zero attached hydrogens (tertiary/aromatic N) is 1. The Hall–Kier alpha value is -3.78. The fourth-order valence-electron chi connectivity index (χ4n) is 4.15. The number of ether oxygens (including phenoxy) is 2. The van der Waals surface area contributed by atoms with Gasteiger partial charge in [-0.05, 0) is 29.7 Å². The van der Waals surface area contributed by atoms with Crippen molar-refractivity contribution in [1.82, 2.24) is 5.32 Å². The monoisotopic (exact) mass is 478 g/mol. The van der Waals surface area contributed by atoms with Crippen LogP contribution in [0.15, 0.2) is 77.7 Å². The number of fused-ring (bicyclic) bond motifs is 1. The Balaban J connectivity index is 1.83. The number of allylic oxidation sites excluding steroid dienone is 1. The number of carbonyl (C=O) groups is 1. The first-order valence-electron chi connectivity index (χ1n) is 10.7. The molecule has 1 heterocycles. The lowest BCUT2D eigenvalue weighted by Gasteiger charge is -2.31. The number of nitrogens with one attached hydrogen (secondary N) is 1. The minimum absolute atomic E-state index is 0.299. The Morgan fingerprint density at radius 2 is 1.38 bits per heavy atom. The standard InChI is InChI=1S/C26H26N2O5S/c1-17-20-15-22(32-3)23(33-4)16-21(20)28(2)34(30,31)25(17)26(29)27-24(18-11-7-5-8-12-18)19-13-9-6-10-14-19/h5-16,24H,1-4H3,(H,27,29). The number of carbonyl (C=O) groups excluding carboxylic acids is 1. The number of amides is 1. The van der Waals surface area contributed by atoms with Crippen molar-refractivity contribution < 1.29 is 22.7 Å². The fraction of sp³-hybridized carbons (Fsp3) is 0.192. The topological polar surface area (TPSA) is 84.9 Å². The van der Waals surface area contributed by atoms with Crippen LogP contribution in [0, 0.1) is 0 Å². The molecule has 34 heavy (non-hydrogen) atoms. The lowest BCUT2D eigenvalue weighted by molar-refractivity contribution is -0.117. The number of hydrogen-bond acceptors (Lipinski definition) is 5. The molecule has 1 amide bonds. The highest BCUT2D eigenvalue weighted by atomic mass is 32.2. The van der Waals surface area contributed by atoms with E-state index in [0.717, 1.165) is 15.4 Å². The lowest BCUT2D eigenvalue weighted by atomic mass is 9.98. The van der Waals surface area contributed by atoms with Gasteiger partial charge in [-0.1, -0.05) is 60.7 Å². The highest BCUT2D eigenvalue weighted by molar-refractivity contribution is 7.97. The van der Waals surface area contributed by atoms with Crippen LogP contribution in [0.3, 0.4) is 0 Å². The molecule has 0 saturated carbocycles. The van der Waals surface area contributed by atoms with Crippen molar-refractivity contribution in [2.24, 2.45) is 0 Å². The van der Waals surface area contributed by atoms with Gasteiger partial charge in [-0.3, -0.25) is 9.10 Å². The van der Waals surface area contributed by atoms with Crippen LogP contribution in [-0.4, -0.2) is 35.6 Å². The third kappa shape index (κ3) is 4.01. The molecule has 0 unspecified atom stereocenters. The number of benzene rings is 3. The molecule has 0 saturated heterocycles. The molecular weight excluding hydrogens is 452 g/mol. The van der Waals surface area contributed by atoms with Gasteiger partial charge in [-0.15, -0.1) is 0 Å². The highest BCUT2D eigenvalue weighted by Crippen LogP contribution is 2.44. The summed E-state index contributed by atoms with van der Waals surface area (Å²) in [6.45, 7) is 1.63. The second kappa shape index (κ2) is 9.23. The largest absolute Gasteiger partial charge is 0.493 e. The van der Waals surface area contributed by atoms with Crippen LogP contribution >= 0.6 is 0 Å². The molecule has 8 heteroatoms. The van der Waals surface area contributed by atoms with E-state index >= 15 is 0 Å². The number of methoxy groups -OCH3 is 2. The maximum Gasteiger partial charge on any atom is 0.269 e. The van der Waals surface area contributed by atoms with E-state index in [1.807, 2.05) is 60.7 Å². The van der Waals surface area contributed by atoms with E-state index < -0.39 is 22.0 Å². The van der Waals surface area contributed by atoms with E-state index in [4.69, 9.17) is 9.47 Å². The van der Waals surface area contributed by atoms with Crippen LogP contribution < -0.4 is 19.1 Å². The summed E-state index contributed by atoms with van der Waals surface area (Å²) in [5.41, 5.74) is 3.01. The van der Waals surface area contributed by atoms with E-state index in [-0.39, 0.29) is 4.91 Å². The van der Waals surface area contributed by atoms with Crippen molar-refractivity contribution in [2.45, 2.75) is 13.0 Å². The smallest absolute Gasteiger partial charge is 0.269 e. The summed E-state index contributed by atoms with van der Waals surface area (Å²) in [5, 5.41) is 2.95. The van der Waals surface area contributed by atoms with Crippen LogP contribution in [0.4, 0.5) is 5.69 Å². The first kappa shape index (κ1) is 23.4. The summed E-state index contributed by atoms with van der Waals surface area (Å²) in [5.74, 6) is 0.166. The van der Waals surface area contributed by atoms with Crippen LogP contribution in [0.1, 0.15) is 29.7 Å². The zero-order valence-electron chi connectivity index (χ0n) is 19.4. The zero-order valence-corrected chi connectivity index (χ0v) is 20.2. The average molecular weight is 479 g/mol. The maximum atomic E-state index is 13.6. The first-order valence-corrected chi connectivity index (χ1v) is 12.1. The second-order valence-electron chi connectivity index (χ2n) is 7.88. The van der Waals surface area contributed by atoms with Gasteiger partial charge in [0.25, 0.3) is 15.9 Å². The minimum Gasteiger partial charge on any atom is -0.493 e. The summed E-state index contributed by atoms with van der Waals surface area (Å²) in [6, 6.07) is 21.6. The van der Waals surface area contributed by atoms with Crippen LogP contribution in [-0.2, 0) is 14.8 Å². The van der Waals surface area contributed by atoms with Crippen molar-refractivity contribution in [3.05, 3.63) is 94.4 Å². The highest BCUT2D eigenvalue weighted by Gasteiger charge is 2.39. The van der Waals surface area contributed by atoms with Gasteiger partial charge in [-0.25, -0.2) is 8.42 Å². The van der Waals surface area contributed by atoms with Gasteiger partial charge >= 0.3 is 0 Å². The van der Waals surface area contributed by atoms with E-state index in [9.17, 15) is 13.2 Å². The molecule has 0 aromatic heterocycles. The first-order chi connectivity index (χ1) is 16.3. The summed E-state index contributed by atoms with van der Waals surface area (Å²) in [7, 11) is 0.295. The molecule has 1 N–H and O–H groups in total. The van der Waals surface area contributed by atoms with E-state index in [1.54, 1.807) is 19.1 Å². The normalized spacial score (nSPS) is 14.6. The summed E-state index contributed by atoms with van der Waals surface area (Å²) < 4.78 is 38.8. The Morgan fingerprint density at radius 1 is 0.882 bits per heavy atom. The van der Waals surface area contributed by atoms with Crippen molar-refractivity contribution in [2.75, 3.05) is 25.6 Å².